The van der Waals surface area contributed by atoms with Crippen LogP contribution in [0.4, 0.5) is 11.6 Å². The summed E-state index contributed by atoms with van der Waals surface area (Å²) in [6, 6.07) is 29.6. The van der Waals surface area contributed by atoms with Gasteiger partial charge in [-0.15, -0.1) is 0 Å². The molecule has 584 valence electrons. The van der Waals surface area contributed by atoms with E-state index < -0.39 is 0 Å². The first-order valence-electron chi connectivity index (χ1n) is 40.6. The fraction of sp³-hybridized carbons (Fsp3) is 0.416. The highest BCUT2D eigenvalue weighted by Crippen LogP contribution is 2.33. The van der Waals surface area contributed by atoms with Crippen molar-refractivity contribution in [3.63, 3.8) is 0 Å². The Balaban J connectivity index is 0.000000131. The van der Waals surface area contributed by atoms with Crippen molar-refractivity contribution in [1.29, 1.82) is 0 Å². The van der Waals surface area contributed by atoms with Crippen LogP contribution in [0, 0.1) is 39.5 Å². The Morgan fingerprint density at radius 2 is 0.714 bits per heavy atom. The highest BCUT2D eigenvalue weighted by atomic mass is 16.5. The minimum atomic E-state index is 0.0168. The molecule has 3 aliphatic carbocycles. The van der Waals surface area contributed by atoms with Crippen molar-refractivity contribution in [3.8, 4) is 67.3 Å². The summed E-state index contributed by atoms with van der Waals surface area (Å²) >= 11 is 0. The molecule has 3 saturated carbocycles. The molecule has 13 heterocycles. The number of nitrogens with one attached hydrogen (secondary N) is 2. The van der Waals surface area contributed by atoms with Crippen molar-refractivity contribution in [2.45, 2.75) is 216 Å². The first-order valence-corrected chi connectivity index (χ1v) is 40.6. The average molecular weight is 1510 g/mol. The summed E-state index contributed by atoms with van der Waals surface area (Å²) in [7, 11) is 0. The third kappa shape index (κ3) is 20.1. The van der Waals surface area contributed by atoms with Crippen molar-refractivity contribution >= 4 is 11.6 Å². The Hall–Kier alpha value is -11.2. The number of rotatable bonds is 24. The molecule has 1 aliphatic heterocycles. The molecule has 0 amide bonds. The van der Waals surface area contributed by atoms with Crippen LogP contribution in [-0.2, 0) is 43.8 Å². The number of hydrogen-bond acceptors (Lipinski definition) is 15. The van der Waals surface area contributed by atoms with E-state index in [2.05, 4.69) is 127 Å². The topological polar surface area (TPSA) is 244 Å². The minimum absolute atomic E-state index is 0.0168. The number of anilines is 2. The molecule has 4 fully saturated rings. The van der Waals surface area contributed by atoms with Gasteiger partial charge in [0.1, 0.15) is 11.6 Å². The van der Waals surface area contributed by atoms with Crippen LogP contribution in [0.2, 0.25) is 0 Å². The molecular formula is C89H108N18O5. The Morgan fingerprint density at radius 3 is 1.05 bits per heavy atom. The maximum Gasteiger partial charge on any atom is 0.250 e. The average Bonchev–Trinajstić information content (AvgIpc) is 1.67. The summed E-state index contributed by atoms with van der Waals surface area (Å²) in [5.41, 5.74) is 18.6. The van der Waals surface area contributed by atoms with Gasteiger partial charge in [0, 0.05) is 204 Å². The number of nitrogens with zero attached hydrogens (tertiary/aromatic N) is 16. The first-order chi connectivity index (χ1) is 54.5. The summed E-state index contributed by atoms with van der Waals surface area (Å²) in [4.78, 5) is 66.8. The van der Waals surface area contributed by atoms with E-state index >= 15 is 0 Å². The van der Waals surface area contributed by atoms with Gasteiger partial charge in [0.15, 0.2) is 0 Å². The van der Waals surface area contributed by atoms with Crippen LogP contribution in [0.15, 0.2) is 191 Å². The van der Waals surface area contributed by atoms with Gasteiger partial charge in [-0.2, -0.15) is 20.4 Å². The molecule has 4 aliphatic rings. The molecule has 0 aromatic carbocycles. The van der Waals surface area contributed by atoms with Gasteiger partial charge in [0.25, 0.3) is 22.2 Å². The number of pyridine rings is 8. The van der Waals surface area contributed by atoms with Gasteiger partial charge in [-0.05, 0) is 177 Å². The Morgan fingerprint density at radius 1 is 0.366 bits per heavy atom. The maximum absolute atomic E-state index is 12.0. The van der Waals surface area contributed by atoms with E-state index in [-0.39, 0.29) is 22.2 Å². The molecule has 0 radical (unpaired) electrons. The van der Waals surface area contributed by atoms with Gasteiger partial charge in [0.2, 0.25) is 0 Å². The fourth-order valence-corrected chi connectivity index (χ4v) is 15.4. The van der Waals surface area contributed by atoms with Crippen LogP contribution in [-0.4, -0.2) is 103 Å². The van der Waals surface area contributed by atoms with Gasteiger partial charge in [-0.1, -0.05) is 84.8 Å². The SMILES string of the molecule is CCCn1cc(-n2cc(-c3ccc(CC4CCC4)nc3C)cn2)ccc1=O.CCCn1cc(-n2cc(-c3ccc(CC4CCOCC4)nc3C)cn2)ccc1=O.CCCn1cc(-n2cc(-c3ccc(NC4CCCC4)nc3C)cn2)ccc1=O.CCCn1cc(-n2cc(-c3cnc(NC4CCCC4)cc3C)cn2)ccc1=O. The van der Waals surface area contributed by atoms with E-state index in [1.807, 2.05) is 130 Å². The molecule has 16 rings (SSSR count). The van der Waals surface area contributed by atoms with Crippen LogP contribution in [0.1, 0.15) is 171 Å². The van der Waals surface area contributed by atoms with Gasteiger partial charge >= 0.3 is 0 Å². The zero-order chi connectivity index (χ0) is 78.0. The van der Waals surface area contributed by atoms with E-state index in [0.717, 1.165) is 172 Å². The normalized spacial score (nSPS) is 14.6. The van der Waals surface area contributed by atoms with Crippen molar-refractivity contribution in [1.82, 2.24) is 77.3 Å². The largest absolute Gasteiger partial charge is 0.381 e. The molecule has 112 heavy (non-hydrogen) atoms. The van der Waals surface area contributed by atoms with Gasteiger partial charge in [0.05, 0.1) is 47.5 Å². The van der Waals surface area contributed by atoms with Crippen molar-refractivity contribution in [2.24, 2.45) is 11.8 Å². The van der Waals surface area contributed by atoms with Gasteiger partial charge in [-0.3, -0.25) is 29.1 Å². The number of hydrogen-bond donors (Lipinski definition) is 2. The third-order valence-electron chi connectivity index (χ3n) is 21.8. The first kappa shape index (κ1) is 78.9. The van der Waals surface area contributed by atoms with E-state index in [1.54, 1.807) is 42.5 Å². The molecule has 0 atom stereocenters. The second kappa shape index (κ2) is 37.7. The standard InChI is InChI=1S/C23H28N4O2.2C22H27N5O.C22H26N4O/c1-3-10-26-16-21(5-7-23(26)28)27-15-19(14-24-27)22-6-4-20(25-17(22)2)13-18-8-11-29-12-9-18;1-3-12-26-15-19(8-11-22(26)28)27-14-17(13-23-27)20-9-10-21(24-16(20)2)25-18-6-4-5-7-18;1-3-10-26-15-19(8-9-22(26)28)27-14-17(12-24-27)20-13-23-21(11-16(20)2)25-18-6-4-5-7-18;1-3-11-25-15-20(8-10-22(25)27)26-14-18(13-23-26)21-9-7-19(24-16(21)2)12-17-5-4-6-17/h4-7,14-16,18H,3,8-13H2,1-2H3;8-11,13-15,18H,3-7,12H2,1-2H3,(H,24,25);8-9,11-15,18H,3-7,10H2,1-2H3,(H,23,25);7-10,13-15,17H,3-6,11-12H2,1-2H3. The zero-order valence-electron chi connectivity index (χ0n) is 66.3. The van der Waals surface area contributed by atoms with E-state index in [9.17, 15) is 19.2 Å². The zero-order valence-corrected chi connectivity index (χ0v) is 66.3. The van der Waals surface area contributed by atoms with Crippen LogP contribution in [0.25, 0.3) is 67.3 Å². The van der Waals surface area contributed by atoms with Gasteiger partial charge < -0.3 is 33.6 Å². The second-order valence-corrected chi connectivity index (χ2v) is 30.5. The fourth-order valence-electron chi connectivity index (χ4n) is 15.4. The molecule has 0 spiro atoms. The second-order valence-electron chi connectivity index (χ2n) is 30.5. The molecule has 12 aromatic rings. The number of aryl methyl sites for hydroxylation is 8. The molecule has 23 heteroatoms. The van der Waals surface area contributed by atoms with Crippen LogP contribution >= 0.6 is 0 Å². The Kier molecular flexibility index (Phi) is 26.5. The lowest BCUT2D eigenvalue weighted by Crippen LogP contribution is -2.19. The molecule has 0 bridgehead atoms. The summed E-state index contributed by atoms with van der Waals surface area (Å²) in [6.45, 7) is 21.1. The quantitative estimate of drug-likeness (QED) is 0.0571. The predicted molar refractivity (Wildman–Crippen MR) is 444 cm³/mol. The smallest absolute Gasteiger partial charge is 0.250 e. The highest BCUT2D eigenvalue weighted by Gasteiger charge is 2.22. The summed E-state index contributed by atoms with van der Waals surface area (Å²) in [5.74, 6) is 3.40. The van der Waals surface area contributed by atoms with Crippen LogP contribution in [0.3, 0.4) is 0 Å². The lowest BCUT2D eigenvalue weighted by molar-refractivity contribution is 0.0662. The van der Waals surface area contributed by atoms with E-state index in [4.69, 9.17) is 19.7 Å². The Labute approximate surface area is 655 Å². The molecule has 1 saturated heterocycles. The third-order valence-corrected chi connectivity index (χ3v) is 21.8. The molecule has 2 N–H and O–H groups in total. The maximum atomic E-state index is 12.0. The van der Waals surface area contributed by atoms with Crippen molar-refractivity contribution in [3.05, 3.63) is 247 Å². The summed E-state index contributed by atoms with van der Waals surface area (Å²) < 4.78 is 19.6. The monoisotopic (exact) mass is 1510 g/mol. The summed E-state index contributed by atoms with van der Waals surface area (Å²) in [5, 5.41) is 25.1. The van der Waals surface area contributed by atoms with Crippen LogP contribution in [0.5, 0.6) is 0 Å². The van der Waals surface area contributed by atoms with Crippen molar-refractivity contribution < 1.29 is 4.74 Å². The highest BCUT2D eigenvalue weighted by molar-refractivity contribution is 5.69. The number of ether oxygens (including phenoxy) is 1. The van der Waals surface area contributed by atoms with E-state index in [1.165, 1.54) is 81.9 Å². The molecular weight excluding hydrogens is 1400 g/mol. The summed E-state index contributed by atoms with van der Waals surface area (Å²) in [6.07, 6.45) is 47.0. The Bertz CT molecular complexity index is 5210. The van der Waals surface area contributed by atoms with E-state index in [0.29, 0.717) is 44.2 Å². The minimum Gasteiger partial charge on any atom is -0.381 e. The van der Waals surface area contributed by atoms with Crippen LogP contribution < -0.4 is 32.9 Å². The van der Waals surface area contributed by atoms with Gasteiger partial charge in [-0.25, -0.2) is 28.7 Å². The molecule has 12 aromatic heterocycles. The number of aromatic nitrogens is 16. The lowest BCUT2D eigenvalue weighted by Gasteiger charge is -2.25. The molecule has 23 nitrogen and oxygen atoms in total. The molecule has 0 unspecified atom stereocenters. The predicted octanol–water partition coefficient (Wildman–Crippen LogP) is 16.3. The van der Waals surface area contributed by atoms with Crippen molar-refractivity contribution in [2.75, 3.05) is 23.8 Å². The lowest BCUT2D eigenvalue weighted by atomic mass is 9.82.